The fourth-order valence-electron chi connectivity index (χ4n) is 4.78. The topological polar surface area (TPSA) is 62.6 Å². The van der Waals surface area contributed by atoms with Gasteiger partial charge in [-0.05, 0) is 88.1 Å². The van der Waals surface area contributed by atoms with Crippen molar-refractivity contribution in [1.29, 1.82) is 0 Å². The average Bonchev–Trinajstić information content (AvgIpc) is 3.40. The lowest BCUT2D eigenvalue weighted by molar-refractivity contribution is -0.135. The molecule has 2 aromatic rings. The first-order valence-electron chi connectivity index (χ1n) is 11.0. The zero-order valence-corrected chi connectivity index (χ0v) is 20.1. The standard InChI is InChI=1S/C25H29N3O3S/c1-15-10-16(2)23(17(3)11-15)28-18(4)12-20(19(28)5)13-21-24(30)27(25(31)32-21)14-22(29)26-8-6-7-9-26/h10-13H,6-9,14H2,1-5H3/b21-13+. The van der Waals surface area contributed by atoms with E-state index in [1.54, 1.807) is 11.0 Å². The van der Waals surface area contributed by atoms with Gasteiger partial charge in [0.15, 0.2) is 0 Å². The number of amides is 3. The Labute approximate surface area is 193 Å². The summed E-state index contributed by atoms with van der Waals surface area (Å²) in [5.41, 5.74) is 7.73. The number of imide groups is 1. The first-order valence-corrected chi connectivity index (χ1v) is 11.8. The maximum absolute atomic E-state index is 12.9. The molecule has 1 aromatic heterocycles. The van der Waals surface area contributed by atoms with Crippen LogP contribution in [0.15, 0.2) is 23.1 Å². The summed E-state index contributed by atoms with van der Waals surface area (Å²) in [5.74, 6) is -0.547. The summed E-state index contributed by atoms with van der Waals surface area (Å²) in [4.78, 5) is 41.0. The van der Waals surface area contributed by atoms with Crippen LogP contribution in [0.3, 0.4) is 0 Å². The van der Waals surface area contributed by atoms with Crippen LogP contribution in [0.1, 0.15) is 46.5 Å². The molecule has 6 nitrogen and oxygen atoms in total. The number of carbonyl (C=O) groups is 3. The third kappa shape index (κ3) is 4.01. The van der Waals surface area contributed by atoms with Crippen molar-refractivity contribution in [3.8, 4) is 5.69 Å². The second-order valence-corrected chi connectivity index (χ2v) is 9.76. The fraction of sp³-hybridized carbons (Fsp3) is 0.400. The third-order valence-corrected chi connectivity index (χ3v) is 7.15. The molecule has 2 aliphatic heterocycles. The lowest BCUT2D eigenvalue weighted by Crippen LogP contribution is -2.40. The van der Waals surface area contributed by atoms with Gasteiger partial charge in [-0.15, -0.1) is 0 Å². The quantitative estimate of drug-likeness (QED) is 0.634. The van der Waals surface area contributed by atoms with Crippen molar-refractivity contribution in [3.05, 3.63) is 56.7 Å². The molecular weight excluding hydrogens is 422 g/mol. The van der Waals surface area contributed by atoms with Crippen LogP contribution in [-0.2, 0) is 9.59 Å². The van der Waals surface area contributed by atoms with Gasteiger partial charge in [0.25, 0.3) is 11.1 Å². The zero-order chi connectivity index (χ0) is 23.2. The highest BCUT2D eigenvalue weighted by Gasteiger charge is 2.37. The summed E-state index contributed by atoms with van der Waals surface area (Å²) in [5, 5.41) is -0.382. The van der Waals surface area contributed by atoms with E-state index in [-0.39, 0.29) is 23.6 Å². The Morgan fingerprint density at radius 1 is 1.00 bits per heavy atom. The molecule has 0 spiro atoms. The smallest absolute Gasteiger partial charge is 0.294 e. The summed E-state index contributed by atoms with van der Waals surface area (Å²) < 4.78 is 2.21. The maximum atomic E-state index is 12.9. The molecule has 0 saturated carbocycles. The number of likely N-dealkylation sites (tertiary alicyclic amines) is 1. The average molecular weight is 452 g/mol. The van der Waals surface area contributed by atoms with E-state index < -0.39 is 0 Å². The van der Waals surface area contributed by atoms with Gasteiger partial charge in [-0.1, -0.05) is 17.7 Å². The Balaban J connectivity index is 1.62. The molecule has 3 amide bonds. The van der Waals surface area contributed by atoms with Crippen LogP contribution in [0, 0.1) is 34.6 Å². The SMILES string of the molecule is Cc1cc(C)c(-n2c(C)cc(/C=C3/SC(=O)N(CC(=O)N4CCCC4)C3=O)c2C)c(C)c1. The van der Waals surface area contributed by atoms with E-state index in [4.69, 9.17) is 0 Å². The Kier molecular flexibility index (Phi) is 6.03. The van der Waals surface area contributed by atoms with E-state index in [9.17, 15) is 14.4 Å². The van der Waals surface area contributed by atoms with Crippen LogP contribution in [0.5, 0.6) is 0 Å². The van der Waals surface area contributed by atoms with Crippen LogP contribution in [0.25, 0.3) is 11.8 Å². The molecule has 0 N–H and O–H groups in total. The van der Waals surface area contributed by atoms with Gasteiger partial charge in [-0.2, -0.15) is 0 Å². The lowest BCUT2D eigenvalue weighted by Gasteiger charge is -2.18. The molecule has 0 unspecified atom stereocenters. The number of nitrogens with zero attached hydrogens (tertiary/aromatic N) is 3. The van der Waals surface area contributed by atoms with Gasteiger partial charge in [0.1, 0.15) is 6.54 Å². The molecule has 4 rings (SSSR count). The molecule has 0 atom stereocenters. The van der Waals surface area contributed by atoms with Crippen molar-refractivity contribution in [2.75, 3.05) is 19.6 Å². The van der Waals surface area contributed by atoms with Gasteiger partial charge in [-0.25, -0.2) is 0 Å². The van der Waals surface area contributed by atoms with Gasteiger partial charge < -0.3 is 9.47 Å². The minimum atomic E-state index is -0.389. The number of rotatable bonds is 4. The van der Waals surface area contributed by atoms with E-state index >= 15 is 0 Å². The van der Waals surface area contributed by atoms with Crippen LogP contribution >= 0.6 is 11.8 Å². The molecule has 2 fully saturated rings. The number of hydrogen-bond acceptors (Lipinski definition) is 4. The predicted molar refractivity (Wildman–Crippen MR) is 128 cm³/mol. The van der Waals surface area contributed by atoms with Gasteiger partial charge >= 0.3 is 0 Å². The zero-order valence-electron chi connectivity index (χ0n) is 19.3. The number of benzene rings is 1. The first-order chi connectivity index (χ1) is 15.2. The molecule has 168 valence electrons. The number of aromatic nitrogens is 1. The number of carbonyl (C=O) groups excluding carboxylic acids is 3. The molecular formula is C25H29N3O3S. The fourth-order valence-corrected chi connectivity index (χ4v) is 5.61. The van der Waals surface area contributed by atoms with E-state index in [0.29, 0.717) is 18.0 Å². The van der Waals surface area contributed by atoms with E-state index in [2.05, 4.69) is 37.5 Å². The largest absolute Gasteiger partial charge is 0.341 e. The second-order valence-electron chi connectivity index (χ2n) is 8.76. The summed E-state index contributed by atoms with van der Waals surface area (Å²) in [6.45, 7) is 11.6. The summed E-state index contributed by atoms with van der Waals surface area (Å²) in [6.07, 6.45) is 3.73. The molecule has 7 heteroatoms. The highest BCUT2D eigenvalue weighted by atomic mass is 32.2. The van der Waals surface area contributed by atoms with Gasteiger partial charge in [0, 0.05) is 24.5 Å². The van der Waals surface area contributed by atoms with Crippen LogP contribution < -0.4 is 0 Å². The minimum Gasteiger partial charge on any atom is -0.341 e. The molecule has 2 saturated heterocycles. The number of thioether (sulfide) groups is 1. The van der Waals surface area contributed by atoms with E-state index in [1.807, 2.05) is 19.9 Å². The Hall–Kier alpha value is -2.80. The second kappa shape index (κ2) is 8.62. The molecule has 32 heavy (non-hydrogen) atoms. The summed E-state index contributed by atoms with van der Waals surface area (Å²) in [6, 6.07) is 6.38. The first kappa shape index (κ1) is 22.4. The van der Waals surface area contributed by atoms with Crippen molar-refractivity contribution in [2.45, 2.75) is 47.5 Å². The summed E-state index contributed by atoms with van der Waals surface area (Å²) in [7, 11) is 0. The monoisotopic (exact) mass is 451 g/mol. The van der Waals surface area contributed by atoms with Gasteiger partial charge in [0.2, 0.25) is 5.91 Å². The van der Waals surface area contributed by atoms with Crippen molar-refractivity contribution in [1.82, 2.24) is 14.4 Å². The maximum Gasteiger partial charge on any atom is 0.294 e. The van der Waals surface area contributed by atoms with Crippen molar-refractivity contribution >= 4 is 34.9 Å². The van der Waals surface area contributed by atoms with E-state index in [0.717, 1.165) is 52.1 Å². The van der Waals surface area contributed by atoms with Crippen LogP contribution in [-0.4, -0.2) is 51.1 Å². The minimum absolute atomic E-state index is 0.158. The number of aryl methyl sites for hydroxylation is 4. The predicted octanol–water partition coefficient (Wildman–Crippen LogP) is 4.68. The van der Waals surface area contributed by atoms with Crippen molar-refractivity contribution < 1.29 is 14.4 Å². The van der Waals surface area contributed by atoms with Crippen LogP contribution in [0.4, 0.5) is 4.79 Å². The van der Waals surface area contributed by atoms with Crippen molar-refractivity contribution in [2.24, 2.45) is 0 Å². The Bertz CT molecular complexity index is 1130. The summed E-state index contributed by atoms with van der Waals surface area (Å²) >= 11 is 0.908. The normalized spacial score (nSPS) is 17.8. The molecule has 2 aliphatic rings. The molecule has 1 aromatic carbocycles. The van der Waals surface area contributed by atoms with Gasteiger partial charge in [0.05, 0.1) is 10.6 Å². The Morgan fingerprint density at radius 2 is 1.62 bits per heavy atom. The van der Waals surface area contributed by atoms with Crippen molar-refractivity contribution in [3.63, 3.8) is 0 Å². The molecule has 0 bridgehead atoms. The third-order valence-electron chi connectivity index (χ3n) is 6.24. The lowest BCUT2D eigenvalue weighted by atomic mass is 10.0. The molecule has 0 radical (unpaired) electrons. The van der Waals surface area contributed by atoms with Crippen LogP contribution in [0.2, 0.25) is 0 Å². The van der Waals surface area contributed by atoms with E-state index in [1.165, 1.54) is 16.7 Å². The Morgan fingerprint density at radius 3 is 2.25 bits per heavy atom. The highest BCUT2D eigenvalue weighted by molar-refractivity contribution is 8.18. The molecule has 3 heterocycles. The highest BCUT2D eigenvalue weighted by Crippen LogP contribution is 2.34. The number of hydrogen-bond donors (Lipinski definition) is 0. The molecule has 0 aliphatic carbocycles. The van der Waals surface area contributed by atoms with Gasteiger partial charge in [-0.3, -0.25) is 19.3 Å².